The van der Waals surface area contributed by atoms with Gasteiger partial charge in [0.25, 0.3) is 0 Å². The van der Waals surface area contributed by atoms with Crippen LogP contribution in [0.3, 0.4) is 0 Å². The van der Waals surface area contributed by atoms with Crippen molar-refractivity contribution in [3.05, 3.63) is 25.3 Å². The number of halogens is 2. The number of nitrogens with zero attached hydrogens (tertiary/aromatic N) is 8. The van der Waals surface area contributed by atoms with Crippen molar-refractivity contribution in [1.82, 2.24) is 39.0 Å². The summed E-state index contributed by atoms with van der Waals surface area (Å²) in [5, 5.41) is 9.61. The second kappa shape index (κ2) is 15.2. The normalized spacial score (nSPS) is 34.2. The first-order chi connectivity index (χ1) is 25.0. The number of rotatable bonds is 10. The average Bonchev–Trinajstić information content (AvgIpc) is 3.88. The number of nitrogens with two attached hydrogens (primary N) is 2. The molecule has 0 aliphatic carbocycles. The molecule has 7 heterocycles. The number of anilines is 2. The molecule has 0 spiro atoms. The van der Waals surface area contributed by atoms with Crippen LogP contribution in [-0.4, -0.2) is 121 Å². The molecule has 3 saturated heterocycles. The summed E-state index contributed by atoms with van der Waals surface area (Å²) >= 11 is 0. The molecule has 0 amide bonds. The van der Waals surface area contributed by atoms with Gasteiger partial charge in [-0.15, -0.1) is 0 Å². The Balaban J connectivity index is 1.21. The fraction of sp³-hybridized carbons (Fsp3) is 0.615. The first-order valence-electron chi connectivity index (χ1n) is 15.8. The summed E-state index contributed by atoms with van der Waals surface area (Å²) in [7, 11) is -9.28. The van der Waals surface area contributed by atoms with Crippen molar-refractivity contribution >= 4 is 49.4 Å². The molecule has 0 saturated carbocycles. The molecule has 4 aromatic rings. The van der Waals surface area contributed by atoms with Crippen molar-refractivity contribution in [3.8, 4) is 0 Å². The van der Waals surface area contributed by atoms with Crippen molar-refractivity contribution in [2.45, 2.75) is 62.6 Å². The summed E-state index contributed by atoms with van der Waals surface area (Å²) in [6.07, 6.45) is -9.65. The topological polar surface area (TPSA) is 277 Å². The van der Waals surface area contributed by atoms with E-state index in [1.54, 1.807) is 6.92 Å². The van der Waals surface area contributed by atoms with Gasteiger partial charge in [0.2, 0.25) is 0 Å². The molecule has 3 aliphatic heterocycles. The molecule has 284 valence electrons. The minimum Gasteiger partial charge on any atom is -0.382 e. The number of phosphoric ester groups is 1. The van der Waals surface area contributed by atoms with Crippen LogP contribution in [0.1, 0.15) is 25.8 Å². The fourth-order valence-electron chi connectivity index (χ4n) is 5.96. The predicted octanol–water partition coefficient (Wildman–Crippen LogP) is 1.74. The number of hydrogen-bond acceptors (Lipinski definition) is 20. The summed E-state index contributed by atoms with van der Waals surface area (Å²) < 4.78 is 114. The number of imidazole rings is 2. The van der Waals surface area contributed by atoms with Crippen LogP contribution in [0.4, 0.5) is 20.4 Å². The highest BCUT2D eigenvalue weighted by molar-refractivity contribution is 7.53. The minimum atomic E-state index is -4.88. The Labute approximate surface area is 292 Å². The largest absolute Gasteiger partial charge is 0.477 e. The third-order valence-corrected chi connectivity index (χ3v) is 11.7. The molecule has 22 nitrogen and oxygen atoms in total. The third-order valence-electron chi connectivity index (χ3n) is 8.39. The van der Waals surface area contributed by atoms with Crippen molar-refractivity contribution in [1.29, 1.82) is 0 Å². The summed E-state index contributed by atoms with van der Waals surface area (Å²) in [4.78, 5) is 24.3. The van der Waals surface area contributed by atoms with Crippen molar-refractivity contribution in [2.75, 3.05) is 51.2 Å². The van der Waals surface area contributed by atoms with E-state index in [0.29, 0.717) is 6.61 Å². The van der Waals surface area contributed by atoms with Gasteiger partial charge in [0.15, 0.2) is 61.3 Å². The van der Waals surface area contributed by atoms with Gasteiger partial charge < -0.3 is 35.5 Å². The summed E-state index contributed by atoms with van der Waals surface area (Å²) in [5.41, 5.74) is 12.3. The van der Waals surface area contributed by atoms with Gasteiger partial charge in [0.1, 0.15) is 48.8 Å². The standard InChI is InChI=1S/C26H34F2N10O12P2/c1-2-42-11-43-12-46-51(40)4-3-13-19(15(27)25(47-13)37-8-35-17-21(29)31-6-33-23(17)37)50-52(41,45-10-39)44-5-14-20(49-51)16(28)26(48-14)38-9-36-18-22(30)32-7-34-24(18)38/h6-9,13-16,19-20,25-26,39H,2-5,10-12H2,1H3,(H2,29,31,33)(H2,30,32,34)/t13?,14-,15-,16-,19-,20-,25-,26-,51?,52?/m1/s1. The predicted molar refractivity (Wildman–Crippen MR) is 169 cm³/mol. The van der Waals surface area contributed by atoms with Crippen molar-refractivity contribution in [2.24, 2.45) is 0 Å². The molecular weight excluding hydrogens is 744 g/mol. The van der Waals surface area contributed by atoms with E-state index in [-0.39, 0.29) is 47.2 Å². The number of aliphatic hydroxyl groups excluding tert-OH is 1. The van der Waals surface area contributed by atoms with Gasteiger partial charge in [0, 0.05) is 6.61 Å². The SMILES string of the molecule is CCOCOCOP1(=O)CCC2O[C@@H](n3cnc4c(N)ncnc43)[C@H](F)[C@@H]2OP(=O)(OCO)OC[C@H]2O[C@@H](n3cnc4c(N)ncnc43)[C@H](F)[C@@H]2O1. The van der Waals surface area contributed by atoms with Crippen LogP contribution in [0.25, 0.3) is 22.3 Å². The van der Waals surface area contributed by atoms with Gasteiger partial charge in [-0.25, -0.2) is 43.2 Å². The first kappa shape index (κ1) is 37.0. The molecule has 10 atom stereocenters. The smallest absolute Gasteiger partial charge is 0.382 e. The second-order valence-electron chi connectivity index (χ2n) is 11.5. The number of ether oxygens (including phenoxy) is 4. The Morgan fingerprint density at radius 3 is 2.04 bits per heavy atom. The van der Waals surface area contributed by atoms with Gasteiger partial charge in [-0.3, -0.25) is 36.3 Å². The molecule has 5 N–H and O–H groups in total. The lowest BCUT2D eigenvalue weighted by molar-refractivity contribution is -0.102. The number of aromatic nitrogens is 8. The summed E-state index contributed by atoms with van der Waals surface area (Å²) in [5.74, 6) is 0.0444. The Kier molecular flexibility index (Phi) is 10.8. The van der Waals surface area contributed by atoms with Crippen LogP contribution >= 0.6 is 15.4 Å². The maximum atomic E-state index is 16.5. The van der Waals surface area contributed by atoms with E-state index in [4.69, 9.17) is 53.0 Å². The summed E-state index contributed by atoms with van der Waals surface area (Å²) in [6, 6.07) is 0. The highest BCUT2D eigenvalue weighted by Gasteiger charge is 2.55. The van der Waals surface area contributed by atoms with Crippen LogP contribution in [0.2, 0.25) is 0 Å². The minimum absolute atomic E-state index is 0.0206. The number of phosphoric acid groups is 1. The lowest BCUT2D eigenvalue weighted by Crippen LogP contribution is -2.37. The number of fused-ring (bicyclic) bond motifs is 4. The molecule has 7 rings (SSSR count). The average molecular weight is 779 g/mol. The highest BCUT2D eigenvalue weighted by atomic mass is 31.2. The Bertz CT molecular complexity index is 1980. The number of nitrogen functional groups attached to an aromatic ring is 2. The molecule has 0 radical (unpaired) electrons. The van der Waals surface area contributed by atoms with Gasteiger partial charge in [-0.1, -0.05) is 0 Å². The van der Waals surface area contributed by atoms with Crippen molar-refractivity contribution < 1.29 is 64.6 Å². The Hall–Kier alpha value is -3.38. The zero-order chi connectivity index (χ0) is 36.6. The second-order valence-corrected chi connectivity index (χ2v) is 15.3. The van der Waals surface area contributed by atoms with E-state index < -0.39 is 91.0 Å². The number of hydrogen-bond donors (Lipinski definition) is 3. The molecule has 0 aromatic carbocycles. The lowest BCUT2D eigenvalue weighted by Gasteiger charge is -2.30. The maximum Gasteiger partial charge on any atom is 0.477 e. The van der Waals surface area contributed by atoms with E-state index in [0.717, 1.165) is 12.7 Å². The number of alkyl halides is 2. The van der Waals surface area contributed by atoms with E-state index in [9.17, 15) is 14.2 Å². The first-order valence-corrected chi connectivity index (χ1v) is 18.9. The van der Waals surface area contributed by atoms with Crippen LogP contribution in [0.5, 0.6) is 0 Å². The molecule has 3 unspecified atom stereocenters. The van der Waals surface area contributed by atoms with Crippen LogP contribution in [0.15, 0.2) is 25.3 Å². The fourth-order valence-corrected chi connectivity index (χ4v) is 8.90. The van der Waals surface area contributed by atoms with Gasteiger partial charge in [-0.2, -0.15) is 0 Å². The van der Waals surface area contributed by atoms with Crippen LogP contribution < -0.4 is 11.5 Å². The summed E-state index contributed by atoms with van der Waals surface area (Å²) in [6.45, 7) is -0.741. The Morgan fingerprint density at radius 1 is 0.846 bits per heavy atom. The van der Waals surface area contributed by atoms with E-state index >= 15 is 8.78 Å². The molecule has 4 aromatic heterocycles. The zero-order valence-corrected chi connectivity index (χ0v) is 29.0. The molecular formula is C26H34F2N10O12P2. The monoisotopic (exact) mass is 778 g/mol. The van der Waals surface area contributed by atoms with E-state index in [1.807, 2.05) is 0 Å². The zero-order valence-electron chi connectivity index (χ0n) is 27.2. The highest BCUT2D eigenvalue weighted by Crippen LogP contribution is 2.58. The molecule has 3 aliphatic rings. The molecule has 0 bridgehead atoms. The quantitative estimate of drug-likeness (QED) is 0.117. The maximum absolute atomic E-state index is 16.5. The molecule has 52 heavy (non-hydrogen) atoms. The van der Waals surface area contributed by atoms with Gasteiger partial charge >= 0.3 is 15.4 Å². The molecule has 26 heteroatoms. The van der Waals surface area contributed by atoms with Gasteiger partial charge in [-0.05, 0) is 13.3 Å². The van der Waals surface area contributed by atoms with Crippen LogP contribution in [0, 0.1) is 0 Å². The molecule has 3 fully saturated rings. The van der Waals surface area contributed by atoms with E-state index in [1.165, 1.54) is 21.8 Å². The lowest BCUT2D eigenvalue weighted by atomic mass is 10.1. The van der Waals surface area contributed by atoms with Crippen LogP contribution in [-0.2, 0) is 50.7 Å². The number of aliphatic hydroxyl groups is 1. The third kappa shape index (κ3) is 7.13. The van der Waals surface area contributed by atoms with Crippen molar-refractivity contribution in [3.63, 3.8) is 0 Å². The van der Waals surface area contributed by atoms with E-state index in [2.05, 4.69) is 29.9 Å². The van der Waals surface area contributed by atoms with Gasteiger partial charge in [0.05, 0.1) is 31.5 Å². The Morgan fingerprint density at radius 2 is 1.44 bits per heavy atom.